The molecule has 0 aromatic heterocycles. The molecule has 1 saturated carbocycles. The largest absolute Gasteiger partial charge is 0.478 e. The van der Waals surface area contributed by atoms with Crippen LogP contribution < -0.4 is 5.32 Å². The number of carboxylic acids is 1. The molecule has 0 saturated heterocycles. The molecule has 0 aliphatic heterocycles. The minimum Gasteiger partial charge on any atom is -0.478 e. The lowest BCUT2D eigenvalue weighted by atomic mass is 9.58. The number of hydrogen-bond donors (Lipinski definition) is 2. The fourth-order valence-electron chi connectivity index (χ4n) is 3.70. The van der Waals surface area contributed by atoms with Crippen molar-refractivity contribution in [3.63, 3.8) is 0 Å². The highest BCUT2D eigenvalue weighted by Gasteiger charge is 2.55. The Morgan fingerprint density at radius 1 is 1.32 bits per heavy atom. The van der Waals surface area contributed by atoms with E-state index in [-0.39, 0.29) is 41.4 Å². The van der Waals surface area contributed by atoms with Crippen molar-refractivity contribution >= 4 is 11.9 Å². The van der Waals surface area contributed by atoms with Crippen molar-refractivity contribution in [3.8, 4) is 0 Å². The molecule has 0 spiro atoms. The summed E-state index contributed by atoms with van der Waals surface area (Å²) in [6, 6.07) is 6.62. The van der Waals surface area contributed by atoms with E-state index < -0.39 is 5.97 Å². The Kier molecular flexibility index (Phi) is 4.56. The van der Waals surface area contributed by atoms with E-state index in [2.05, 4.69) is 26.1 Å². The van der Waals surface area contributed by atoms with Crippen LogP contribution in [0.3, 0.4) is 0 Å². The molecule has 0 bridgehead atoms. The van der Waals surface area contributed by atoms with Crippen molar-refractivity contribution in [3.05, 3.63) is 35.4 Å². The summed E-state index contributed by atoms with van der Waals surface area (Å²) in [5.74, 6) is -0.938. The number of carbonyl (C=O) groups is 2. The van der Waals surface area contributed by atoms with Crippen LogP contribution in [0.4, 0.5) is 0 Å². The van der Waals surface area contributed by atoms with Gasteiger partial charge in [-0.05, 0) is 11.6 Å². The topological polar surface area (TPSA) is 75.6 Å². The Morgan fingerprint density at radius 2 is 1.95 bits per heavy atom. The maximum absolute atomic E-state index is 12.3. The van der Waals surface area contributed by atoms with Crippen molar-refractivity contribution in [2.24, 2.45) is 11.3 Å². The molecular weight excluding hydrogens is 282 g/mol. The molecule has 0 heterocycles. The van der Waals surface area contributed by atoms with E-state index in [0.717, 1.165) is 0 Å². The molecule has 2 N–H and O–H groups in total. The Labute approximate surface area is 130 Å². The molecule has 2 rings (SSSR count). The van der Waals surface area contributed by atoms with Gasteiger partial charge in [0.1, 0.15) is 0 Å². The monoisotopic (exact) mass is 305 g/mol. The lowest BCUT2D eigenvalue weighted by Gasteiger charge is -2.56. The van der Waals surface area contributed by atoms with Crippen LogP contribution in [-0.4, -0.2) is 36.2 Å². The fourth-order valence-corrected chi connectivity index (χ4v) is 3.70. The van der Waals surface area contributed by atoms with Crippen molar-refractivity contribution in [1.29, 1.82) is 0 Å². The molecule has 1 aromatic carbocycles. The van der Waals surface area contributed by atoms with Gasteiger partial charge in [0.25, 0.3) is 0 Å². The van der Waals surface area contributed by atoms with Crippen LogP contribution in [0.5, 0.6) is 0 Å². The first-order valence-electron chi connectivity index (χ1n) is 7.42. The number of hydrogen-bond acceptors (Lipinski definition) is 3. The predicted octanol–water partition coefficient (Wildman–Crippen LogP) is 2.10. The lowest BCUT2D eigenvalue weighted by molar-refractivity contribution is -0.154. The number of benzene rings is 1. The van der Waals surface area contributed by atoms with Gasteiger partial charge in [0, 0.05) is 24.5 Å². The molecule has 1 fully saturated rings. The first kappa shape index (κ1) is 16.5. The summed E-state index contributed by atoms with van der Waals surface area (Å²) in [4.78, 5) is 23.5. The molecule has 1 amide bonds. The molecule has 3 unspecified atom stereocenters. The van der Waals surface area contributed by atoms with Gasteiger partial charge in [-0.25, -0.2) is 4.79 Å². The van der Waals surface area contributed by atoms with Crippen LogP contribution in [0.2, 0.25) is 0 Å². The van der Waals surface area contributed by atoms with Gasteiger partial charge in [0.15, 0.2) is 0 Å². The summed E-state index contributed by atoms with van der Waals surface area (Å²) in [7, 11) is 1.68. The predicted molar refractivity (Wildman–Crippen MR) is 82.8 cm³/mol. The van der Waals surface area contributed by atoms with Crippen LogP contribution >= 0.6 is 0 Å². The van der Waals surface area contributed by atoms with Crippen molar-refractivity contribution in [1.82, 2.24) is 5.32 Å². The van der Waals surface area contributed by atoms with E-state index in [0.29, 0.717) is 5.56 Å². The second kappa shape index (κ2) is 6.08. The first-order chi connectivity index (χ1) is 10.3. The molecule has 3 atom stereocenters. The second-order valence-electron chi connectivity index (χ2n) is 6.52. The number of rotatable bonds is 5. The van der Waals surface area contributed by atoms with E-state index >= 15 is 0 Å². The van der Waals surface area contributed by atoms with Crippen LogP contribution in [0, 0.1) is 11.3 Å². The summed E-state index contributed by atoms with van der Waals surface area (Å²) in [6.07, 6.45) is 0.184. The maximum atomic E-state index is 12.3. The number of ether oxygens (including phenoxy) is 1. The van der Waals surface area contributed by atoms with Crippen molar-refractivity contribution in [2.45, 2.75) is 39.3 Å². The highest BCUT2D eigenvalue weighted by atomic mass is 16.5. The Bertz CT molecular complexity index is 582. The van der Waals surface area contributed by atoms with Crippen molar-refractivity contribution < 1.29 is 19.4 Å². The third-order valence-electron chi connectivity index (χ3n) is 4.71. The molecule has 5 heteroatoms. The van der Waals surface area contributed by atoms with E-state index in [1.165, 1.54) is 6.07 Å². The van der Waals surface area contributed by atoms with Gasteiger partial charge in [0.2, 0.25) is 5.91 Å². The number of nitrogens with one attached hydrogen (secondary N) is 1. The molecule has 22 heavy (non-hydrogen) atoms. The van der Waals surface area contributed by atoms with E-state index in [1.807, 2.05) is 0 Å². The van der Waals surface area contributed by atoms with Crippen LogP contribution in [0.15, 0.2) is 24.3 Å². The number of carboxylic acid groups (broad SMARTS) is 1. The van der Waals surface area contributed by atoms with E-state index in [1.54, 1.807) is 25.3 Å². The molecule has 1 aromatic rings. The van der Waals surface area contributed by atoms with Gasteiger partial charge in [-0.1, -0.05) is 39.0 Å². The molecule has 120 valence electrons. The lowest BCUT2D eigenvalue weighted by Crippen LogP contribution is -2.68. The summed E-state index contributed by atoms with van der Waals surface area (Å²) < 4.78 is 5.47. The number of carbonyl (C=O) groups excluding carboxylic acids is 1. The maximum Gasteiger partial charge on any atom is 0.335 e. The standard InChI is InChI=1S/C17H23NO4/c1-10-14(17(2,3)15(10)22-4)18-13(19)9-11-7-5-6-8-12(11)16(20)21/h5-8,10,14-15H,9H2,1-4H3,(H,18,19)(H,20,21). The summed E-state index contributed by atoms with van der Waals surface area (Å²) >= 11 is 0. The smallest absolute Gasteiger partial charge is 0.335 e. The Morgan fingerprint density at radius 3 is 2.50 bits per heavy atom. The first-order valence-corrected chi connectivity index (χ1v) is 7.42. The van der Waals surface area contributed by atoms with Crippen LogP contribution in [0.25, 0.3) is 0 Å². The highest BCUT2D eigenvalue weighted by molar-refractivity contribution is 5.91. The van der Waals surface area contributed by atoms with Gasteiger partial charge < -0.3 is 15.2 Å². The molecular formula is C17H23NO4. The van der Waals surface area contributed by atoms with Gasteiger partial charge in [-0.2, -0.15) is 0 Å². The van der Waals surface area contributed by atoms with Gasteiger partial charge in [-0.15, -0.1) is 0 Å². The van der Waals surface area contributed by atoms with E-state index in [9.17, 15) is 9.59 Å². The van der Waals surface area contributed by atoms with Crippen molar-refractivity contribution in [2.75, 3.05) is 7.11 Å². The van der Waals surface area contributed by atoms with Gasteiger partial charge in [-0.3, -0.25) is 4.79 Å². The van der Waals surface area contributed by atoms with Crippen LogP contribution in [0.1, 0.15) is 36.7 Å². The minimum absolute atomic E-state index is 0.0296. The molecule has 1 aliphatic carbocycles. The normalized spacial score (nSPS) is 26.1. The quantitative estimate of drug-likeness (QED) is 0.873. The molecule has 1 aliphatic rings. The zero-order valence-corrected chi connectivity index (χ0v) is 13.4. The Balaban J connectivity index is 2.05. The summed E-state index contributed by atoms with van der Waals surface area (Å²) in [6.45, 7) is 6.18. The fraction of sp³-hybridized carbons (Fsp3) is 0.529. The number of amides is 1. The van der Waals surface area contributed by atoms with E-state index in [4.69, 9.17) is 9.84 Å². The van der Waals surface area contributed by atoms with Gasteiger partial charge in [0.05, 0.1) is 18.1 Å². The zero-order chi connectivity index (χ0) is 16.5. The highest BCUT2D eigenvalue weighted by Crippen LogP contribution is 2.46. The SMILES string of the molecule is COC1C(C)C(NC(=O)Cc2ccccc2C(=O)O)C1(C)C. The molecule has 5 nitrogen and oxygen atoms in total. The third kappa shape index (κ3) is 2.86. The zero-order valence-electron chi connectivity index (χ0n) is 13.4. The third-order valence-corrected chi connectivity index (χ3v) is 4.71. The average molecular weight is 305 g/mol. The Hall–Kier alpha value is -1.88. The van der Waals surface area contributed by atoms with Crippen LogP contribution in [-0.2, 0) is 16.0 Å². The number of aromatic carboxylic acids is 1. The van der Waals surface area contributed by atoms with Gasteiger partial charge >= 0.3 is 5.97 Å². The second-order valence-corrected chi connectivity index (χ2v) is 6.52. The number of methoxy groups -OCH3 is 1. The average Bonchev–Trinajstić information content (AvgIpc) is 2.45. The minimum atomic E-state index is -1.01. The summed E-state index contributed by atoms with van der Waals surface area (Å²) in [5, 5.41) is 12.2. The summed E-state index contributed by atoms with van der Waals surface area (Å²) in [5.41, 5.74) is 0.574. The molecule has 0 radical (unpaired) electrons.